The molecular weight excluding hydrogens is 318 g/mol. The minimum atomic E-state index is -0.0323. The van der Waals surface area contributed by atoms with Gasteiger partial charge in [0.15, 0.2) is 0 Å². The molecule has 0 atom stereocenters. The lowest BCUT2D eigenvalue weighted by Crippen LogP contribution is -2.39. The molecule has 1 aromatic rings. The number of likely N-dealkylation sites (tertiary alicyclic amines) is 1. The van der Waals surface area contributed by atoms with E-state index < -0.39 is 0 Å². The Labute approximate surface area is 148 Å². The van der Waals surface area contributed by atoms with E-state index in [4.69, 9.17) is 4.74 Å². The van der Waals surface area contributed by atoms with E-state index in [-0.39, 0.29) is 18.0 Å². The van der Waals surface area contributed by atoms with Gasteiger partial charge in [-0.1, -0.05) is 17.3 Å². The zero-order chi connectivity index (χ0) is 17.6. The summed E-state index contributed by atoms with van der Waals surface area (Å²) in [5.41, 5.74) is 2.89. The molecule has 0 unspecified atom stereocenters. The van der Waals surface area contributed by atoms with Crippen LogP contribution in [0.4, 0.5) is 0 Å². The van der Waals surface area contributed by atoms with Crippen molar-refractivity contribution < 1.29 is 9.53 Å². The number of nitroso groups, excluding NO2 is 1. The summed E-state index contributed by atoms with van der Waals surface area (Å²) in [6.07, 6.45) is 3.41. The van der Waals surface area contributed by atoms with Crippen LogP contribution in [0.5, 0.6) is 0 Å². The highest BCUT2D eigenvalue weighted by atomic mass is 16.5. The third-order valence-electron chi connectivity index (χ3n) is 5.22. The molecule has 136 valence electrons. The van der Waals surface area contributed by atoms with Gasteiger partial charge < -0.3 is 10.1 Å². The molecule has 0 spiro atoms. The highest BCUT2D eigenvalue weighted by molar-refractivity contribution is 5.96. The summed E-state index contributed by atoms with van der Waals surface area (Å²) < 4.78 is 5.35. The summed E-state index contributed by atoms with van der Waals surface area (Å²) in [7, 11) is 0. The topological polar surface area (TPSA) is 71.0 Å². The van der Waals surface area contributed by atoms with Gasteiger partial charge in [-0.25, -0.2) is 0 Å². The molecular formula is C19H27N3O3. The summed E-state index contributed by atoms with van der Waals surface area (Å²) >= 11 is 0. The van der Waals surface area contributed by atoms with Crippen molar-refractivity contribution >= 4 is 5.91 Å². The van der Waals surface area contributed by atoms with Gasteiger partial charge in [0.05, 0.1) is 6.04 Å². The first-order chi connectivity index (χ1) is 12.2. The van der Waals surface area contributed by atoms with Crippen LogP contribution in [0.1, 0.15) is 47.2 Å². The SMILES string of the molecule is Cc1ccc(CN2CCC(N=O)CC2)cc1C(=O)NC1CCOCC1. The Morgan fingerprint density at radius 3 is 2.64 bits per heavy atom. The number of nitrogens with one attached hydrogen (secondary N) is 1. The minimum Gasteiger partial charge on any atom is -0.381 e. The fraction of sp³-hybridized carbons (Fsp3) is 0.632. The molecule has 3 rings (SSSR count). The van der Waals surface area contributed by atoms with Crippen LogP contribution in [0.15, 0.2) is 23.4 Å². The number of carbonyl (C=O) groups excluding carboxylic acids is 1. The van der Waals surface area contributed by atoms with Gasteiger partial charge in [0.2, 0.25) is 0 Å². The molecule has 25 heavy (non-hydrogen) atoms. The standard InChI is InChI=1S/C19H27N3O3/c1-14-2-3-15(13-22-8-4-17(21-24)5-9-22)12-18(14)19(23)20-16-6-10-25-11-7-16/h2-3,12,16-17H,4-11,13H2,1H3,(H,20,23). The molecule has 6 heteroatoms. The number of benzene rings is 1. The summed E-state index contributed by atoms with van der Waals surface area (Å²) in [5, 5.41) is 6.30. The predicted octanol–water partition coefficient (Wildman–Crippen LogP) is 2.63. The Hall–Kier alpha value is -1.79. The Bertz CT molecular complexity index is 606. The van der Waals surface area contributed by atoms with Gasteiger partial charge in [0.25, 0.3) is 5.91 Å². The second-order valence-electron chi connectivity index (χ2n) is 7.12. The highest BCUT2D eigenvalue weighted by Crippen LogP contribution is 2.18. The van der Waals surface area contributed by atoms with Gasteiger partial charge in [-0.15, -0.1) is 0 Å². The maximum absolute atomic E-state index is 12.6. The third kappa shape index (κ3) is 4.86. The van der Waals surface area contributed by atoms with Crippen molar-refractivity contribution in [1.82, 2.24) is 10.2 Å². The van der Waals surface area contributed by atoms with Crippen molar-refractivity contribution in [2.75, 3.05) is 26.3 Å². The molecule has 1 N–H and O–H groups in total. The van der Waals surface area contributed by atoms with Crippen molar-refractivity contribution in [3.63, 3.8) is 0 Å². The molecule has 2 aliphatic rings. The Morgan fingerprint density at radius 1 is 1.24 bits per heavy atom. The summed E-state index contributed by atoms with van der Waals surface area (Å²) in [5.74, 6) is 0.00936. The third-order valence-corrected chi connectivity index (χ3v) is 5.22. The first-order valence-corrected chi connectivity index (χ1v) is 9.18. The van der Waals surface area contributed by atoms with E-state index in [1.165, 1.54) is 0 Å². The molecule has 0 bridgehead atoms. The zero-order valence-corrected chi connectivity index (χ0v) is 14.9. The number of nitrogens with zero attached hydrogens (tertiary/aromatic N) is 2. The van der Waals surface area contributed by atoms with Gasteiger partial charge in [0, 0.05) is 44.5 Å². The van der Waals surface area contributed by atoms with E-state index in [0.717, 1.165) is 75.2 Å². The molecule has 2 aliphatic heterocycles. The van der Waals surface area contributed by atoms with Crippen molar-refractivity contribution in [3.05, 3.63) is 39.8 Å². The van der Waals surface area contributed by atoms with Crippen molar-refractivity contribution in [2.45, 2.75) is 51.2 Å². The quantitative estimate of drug-likeness (QED) is 0.833. The molecule has 1 aromatic carbocycles. The number of rotatable bonds is 5. The summed E-state index contributed by atoms with van der Waals surface area (Å²) in [6.45, 7) is 5.99. The largest absolute Gasteiger partial charge is 0.381 e. The maximum Gasteiger partial charge on any atom is 0.251 e. The highest BCUT2D eigenvalue weighted by Gasteiger charge is 2.21. The van der Waals surface area contributed by atoms with Crippen LogP contribution in [0.25, 0.3) is 0 Å². The number of carbonyl (C=O) groups is 1. The molecule has 2 saturated heterocycles. The Morgan fingerprint density at radius 2 is 1.96 bits per heavy atom. The lowest BCUT2D eigenvalue weighted by atomic mass is 10.0. The molecule has 2 heterocycles. The normalized spacial score (nSPS) is 20.4. The molecule has 1 amide bonds. The van der Waals surface area contributed by atoms with Gasteiger partial charge in [0.1, 0.15) is 0 Å². The van der Waals surface area contributed by atoms with Crippen LogP contribution >= 0.6 is 0 Å². The number of hydrogen-bond donors (Lipinski definition) is 1. The fourth-order valence-corrected chi connectivity index (χ4v) is 3.56. The molecule has 2 fully saturated rings. The molecule has 6 nitrogen and oxygen atoms in total. The van der Waals surface area contributed by atoms with Crippen molar-refractivity contribution in [3.8, 4) is 0 Å². The van der Waals surface area contributed by atoms with E-state index >= 15 is 0 Å². The monoisotopic (exact) mass is 345 g/mol. The number of hydrogen-bond acceptors (Lipinski definition) is 5. The van der Waals surface area contributed by atoms with Crippen LogP contribution in [0, 0.1) is 11.8 Å². The smallest absolute Gasteiger partial charge is 0.251 e. The van der Waals surface area contributed by atoms with Crippen LogP contribution in [0.3, 0.4) is 0 Å². The van der Waals surface area contributed by atoms with E-state index in [1.54, 1.807) is 0 Å². The second-order valence-corrected chi connectivity index (χ2v) is 7.12. The minimum absolute atomic E-state index is 0.00936. The maximum atomic E-state index is 12.6. The fourth-order valence-electron chi connectivity index (χ4n) is 3.56. The number of ether oxygens (including phenoxy) is 1. The lowest BCUT2D eigenvalue weighted by molar-refractivity contribution is 0.0696. The van der Waals surface area contributed by atoms with E-state index in [1.807, 2.05) is 19.1 Å². The summed E-state index contributed by atoms with van der Waals surface area (Å²) in [6, 6.07) is 6.29. The average Bonchev–Trinajstić information content (AvgIpc) is 2.64. The zero-order valence-electron chi connectivity index (χ0n) is 14.9. The second kappa shape index (κ2) is 8.54. The number of amides is 1. The van der Waals surface area contributed by atoms with Crippen LogP contribution < -0.4 is 5.32 Å². The van der Waals surface area contributed by atoms with Gasteiger partial charge in [-0.3, -0.25) is 9.69 Å². The predicted molar refractivity (Wildman–Crippen MR) is 96.6 cm³/mol. The van der Waals surface area contributed by atoms with Crippen LogP contribution in [-0.4, -0.2) is 49.2 Å². The molecule has 0 aromatic heterocycles. The number of piperidine rings is 1. The molecule has 0 aliphatic carbocycles. The summed E-state index contributed by atoms with van der Waals surface area (Å²) in [4.78, 5) is 25.6. The number of aryl methyl sites for hydroxylation is 1. The first-order valence-electron chi connectivity index (χ1n) is 9.18. The van der Waals surface area contributed by atoms with Crippen molar-refractivity contribution in [1.29, 1.82) is 0 Å². The van der Waals surface area contributed by atoms with Crippen molar-refractivity contribution in [2.24, 2.45) is 5.18 Å². The lowest BCUT2D eigenvalue weighted by Gasteiger charge is -2.29. The Balaban J connectivity index is 1.61. The molecule has 0 saturated carbocycles. The van der Waals surface area contributed by atoms with Gasteiger partial charge >= 0.3 is 0 Å². The van der Waals surface area contributed by atoms with Gasteiger partial charge in [-0.2, -0.15) is 4.91 Å². The van der Waals surface area contributed by atoms with E-state index in [2.05, 4.69) is 21.5 Å². The van der Waals surface area contributed by atoms with Crippen LogP contribution in [-0.2, 0) is 11.3 Å². The van der Waals surface area contributed by atoms with Crippen LogP contribution in [0.2, 0.25) is 0 Å². The molecule has 0 radical (unpaired) electrons. The van der Waals surface area contributed by atoms with E-state index in [0.29, 0.717) is 0 Å². The Kier molecular flexibility index (Phi) is 6.15. The van der Waals surface area contributed by atoms with Gasteiger partial charge in [-0.05, 0) is 49.8 Å². The first kappa shape index (κ1) is 18.0. The average molecular weight is 345 g/mol. The van der Waals surface area contributed by atoms with E-state index in [9.17, 15) is 9.70 Å².